The molecule has 21 heavy (non-hydrogen) atoms. The van der Waals surface area contributed by atoms with Gasteiger partial charge in [-0.15, -0.1) is 0 Å². The van der Waals surface area contributed by atoms with E-state index in [-0.39, 0.29) is 0 Å². The van der Waals surface area contributed by atoms with Gasteiger partial charge in [0.25, 0.3) is 0 Å². The van der Waals surface area contributed by atoms with Crippen LogP contribution in [0.4, 0.5) is 0 Å². The summed E-state index contributed by atoms with van der Waals surface area (Å²) in [5.74, 6) is 0.727. The van der Waals surface area contributed by atoms with Crippen molar-refractivity contribution in [2.75, 3.05) is 26.2 Å². The molecule has 0 aromatic carbocycles. The smallest absolute Gasteiger partial charge is 0.0439 e. The summed E-state index contributed by atoms with van der Waals surface area (Å²) in [5, 5.41) is 3.44. The number of fused-ring (bicyclic) bond motifs is 1. The van der Waals surface area contributed by atoms with E-state index in [0.717, 1.165) is 12.0 Å². The summed E-state index contributed by atoms with van der Waals surface area (Å²) in [6, 6.07) is 3.02. The predicted octanol–water partition coefficient (Wildman–Crippen LogP) is 2.04. The van der Waals surface area contributed by atoms with Crippen LogP contribution in [-0.2, 0) is 19.3 Å². The minimum absolute atomic E-state index is 0.649. The van der Waals surface area contributed by atoms with Gasteiger partial charge in [-0.1, -0.05) is 13.8 Å². The molecule has 1 atom stereocenters. The van der Waals surface area contributed by atoms with E-state index in [1.54, 1.807) is 11.1 Å². The Kier molecular flexibility index (Phi) is 3.31. The van der Waals surface area contributed by atoms with E-state index in [2.05, 4.69) is 35.1 Å². The Morgan fingerprint density at radius 2 is 2.19 bits per heavy atom. The number of hydrogen-bond acceptors (Lipinski definition) is 3. The molecule has 2 aliphatic heterocycles. The number of aromatic nitrogens is 1. The van der Waals surface area contributed by atoms with Crippen LogP contribution in [0.25, 0.3) is 0 Å². The third kappa shape index (κ3) is 2.40. The van der Waals surface area contributed by atoms with Crippen LogP contribution in [0.5, 0.6) is 0 Å². The van der Waals surface area contributed by atoms with Crippen LogP contribution in [0, 0.1) is 11.3 Å². The highest BCUT2D eigenvalue weighted by molar-refractivity contribution is 5.34. The number of likely N-dealkylation sites (tertiary alicyclic amines) is 1. The standard InChI is InChI=1S/C18H27N3/c1-13(2)7-14-5-6-20-17-4-3-15(8-16(14)17)21-11-18(12-21)9-19-10-18/h5-6,13,15,19H,3-4,7-12H2,1-2H3. The molecule has 1 aromatic rings. The number of nitrogens with zero attached hydrogens (tertiary/aromatic N) is 2. The van der Waals surface area contributed by atoms with Crippen molar-refractivity contribution in [2.24, 2.45) is 11.3 Å². The number of hydrogen-bond donors (Lipinski definition) is 1. The monoisotopic (exact) mass is 285 g/mol. The Balaban J connectivity index is 1.48. The molecule has 0 bridgehead atoms. The minimum atomic E-state index is 0.649. The zero-order valence-corrected chi connectivity index (χ0v) is 13.4. The van der Waals surface area contributed by atoms with Crippen LogP contribution in [0.3, 0.4) is 0 Å². The summed E-state index contributed by atoms with van der Waals surface area (Å²) in [5.41, 5.74) is 5.16. The van der Waals surface area contributed by atoms with Crippen LogP contribution in [-0.4, -0.2) is 42.1 Å². The van der Waals surface area contributed by atoms with Gasteiger partial charge in [0, 0.05) is 49.5 Å². The molecule has 0 radical (unpaired) electrons. The summed E-state index contributed by atoms with van der Waals surface area (Å²) in [4.78, 5) is 7.38. The van der Waals surface area contributed by atoms with Gasteiger partial charge in [0.05, 0.1) is 0 Å². The molecule has 1 N–H and O–H groups in total. The van der Waals surface area contributed by atoms with E-state index in [4.69, 9.17) is 0 Å². The Hall–Kier alpha value is -0.930. The fourth-order valence-electron chi connectivity index (χ4n) is 4.40. The van der Waals surface area contributed by atoms with Crippen LogP contribution in [0.2, 0.25) is 0 Å². The third-order valence-electron chi connectivity index (χ3n) is 5.62. The molecule has 4 rings (SSSR count). The molecule has 1 aliphatic carbocycles. The normalized spacial score (nSPS) is 27.3. The Morgan fingerprint density at radius 3 is 2.86 bits per heavy atom. The van der Waals surface area contributed by atoms with Crippen molar-refractivity contribution in [2.45, 2.75) is 45.6 Å². The third-order valence-corrected chi connectivity index (χ3v) is 5.62. The summed E-state index contributed by atoms with van der Waals surface area (Å²) < 4.78 is 0. The summed E-state index contributed by atoms with van der Waals surface area (Å²) >= 11 is 0. The molecule has 1 aromatic heterocycles. The van der Waals surface area contributed by atoms with Gasteiger partial charge in [-0.2, -0.15) is 0 Å². The van der Waals surface area contributed by atoms with Gasteiger partial charge in [-0.25, -0.2) is 0 Å². The maximum Gasteiger partial charge on any atom is 0.0439 e. The lowest BCUT2D eigenvalue weighted by molar-refractivity contribution is -0.0675. The largest absolute Gasteiger partial charge is 0.315 e. The quantitative estimate of drug-likeness (QED) is 0.921. The molecule has 3 nitrogen and oxygen atoms in total. The average molecular weight is 285 g/mol. The lowest BCUT2D eigenvalue weighted by Crippen LogP contribution is -2.72. The van der Waals surface area contributed by atoms with Gasteiger partial charge in [0.15, 0.2) is 0 Å². The Morgan fingerprint density at radius 1 is 1.38 bits per heavy atom. The Bertz CT molecular complexity index is 525. The Labute approximate surface area is 128 Å². The number of rotatable bonds is 3. The van der Waals surface area contributed by atoms with Gasteiger partial charge in [0.2, 0.25) is 0 Å². The van der Waals surface area contributed by atoms with Crippen LogP contribution < -0.4 is 5.32 Å². The maximum absolute atomic E-state index is 4.65. The van der Waals surface area contributed by atoms with E-state index < -0.39 is 0 Å². The molecule has 114 valence electrons. The highest BCUT2D eigenvalue weighted by atomic mass is 15.3. The highest BCUT2D eigenvalue weighted by Gasteiger charge is 2.49. The average Bonchev–Trinajstić information content (AvgIpc) is 2.35. The number of pyridine rings is 1. The van der Waals surface area contributed by atoms with Crippen LogP contribution in [0.15, 0.2) is 12.3 Å². The van der Waals surface area contributed by atoms with Crippen molar-refractivity contribution in [1.29, 1.82) is 0 Å². The minimum Gasteiger partial charge on any atom is -0.315 e. The van der Waals surface area contributed by atoms with Gasteiger partial charge in [-0.3, -0.25) is 9.88 Å². The van der Waals surface area contributed by atoms with E-state index in [1.165, 1.54) is 57.6 Å². The molecule has 3 heteroatoms. The second-order valence-electron chi connectivity index (χ2n) is 7.90. The molecule has 3 heterocycles. The molecule has 0 saturated carbocycles. The molecular formula is C18H27N3. The molecule has 1 spiro atoms. The van der Waals surface area contributed by atoms with E-state index in [0.29, 0.717) is 5.41 Å². The first-order chi connectivity index (χ1) is 10.2. The lowest BCUT2D eigenvalue weighted by atomic mass is 9.72. The first-order valence-electron chi connectivity index (χ1n) is 8.56. The van der Waals surface area contributed by atoms with Crippen molar-refractivity contribution in [1.82, 2.24) is 15.2 Å². The molecule has 2 saturated heterocycles. The zero-order valence-electron chi connectivity index (χ0n) is 13.4. The first kappa shape index (κ1) is 13.7. The van der Waals surface area contributed by atoms with Crippen molar-refractivity contribution in [3.05, 3.63) is 29.1 Å². The summed E-state index contributed by atoms with van der Waals surface area (Å²) in [6.07, 6.45) is 6.93. The second kappa shape index (κ2) is 5.06. The zero-order chi connectivity index (χ0) is 14.4. The first-order valence-corrected chi connectivity index (χ1v) is 8.56. The van der Waals surface area contributed by atoms with Crippen molar-refractivity contribution in [3.63, 3.8) is 0 Å². The number of nitrogens with one attached hydrogen (secondary N) is 1. The van der Waals surface area contributed by atoms with Gasteiger partial charge in [-0.05, 0) is 48.8 Å². The lowest BCUT2D eigenvalue weighted by Gasteiger charge is -2.59. The van der Waals surface area contributed by atoms with Gasteiger partial charge in [0.1, 0.15) is 0 Å². The molecule has 0 amide bonds. The van der Waals surface area contributed by atoms with E-state index >= 15 is 0 Å². The van der Waals surface area contributed by atoms with E-state index in [1.807, 2.05) is 6.20 Å². The molecular weight excluding hydrogens is 258 g/mol. The fraction of sp³-hybridized carbons (Fsp3) is 0.722. The molecule has 3 aliphatic rings. The van der Waals surface area contributed by atoms with Crippen molar-refractivity contribution in [3.8, 4) is 0 Å². The fourth-order valence-corrected chi connectivity index (χ4v) is 4.40. The van der Waals surface area contributed by atoms with Crippen molar-refractivity contribution < 1.29 is 0 Å². The SMILES string of the molecule is CC(C)Cc1ccnc2c1CC(N1CC3(CNC3)C1)CC2. The maximum atomic E-state index is 4.65. The number of aryl methyl sites for hydroxylation is 1. The van der Waals surface area contributed by atoms with Gasteiger partial charge >= 0.3 is 0 Å². The van der Waals surface area contributed by atoms with Crippen molar-refractivity contribution >= 4 is 0 Å². The van der Waals surface area contributed by atoms with Crippen LogP contribution >= 0.6 is 0 Å². The topological polar surface area (TPSA) is 28.2 Å². The molecule has 1 unspecified atom stereocenters. The predicted molar refractivity (Wildman–Crippen MR) is 85.5 cm³/mol. The van der Waals surface area contributed by atoms with Gasteiger partial charge < -0.3 is 5.32 Å². The summed E-state index contributed by atoms with van der Waals surface area (Å²) in [6.45, 7) is 9.76. The highest BCUT2D eigenvalue weighted by Crippen LogP contribution is 2.38. The molecule has 2 fully saturated rings. The van der Waals surface area contributed by atoms with E-state index in [9.17, 15) is 0 Å². The second-order valence-corrected chi connectivity index (χ2v) is 7.90. The summed E-state index contributed by atoms with van der Waals surface area (Å²) in [7, 11) is 0. The van der Waals surface area contributed by atoms with Crippen LogP contribution in [0.1, 0.15) is 37.1 Å².